The number of terminal acetylenes is 1. The lowest BCUT2D eigenvalue weighted by molar-refractivity contribution is 0.369. The van der Waals surface area contributed by atoms with Crippen molar-refractivity contribution in [2.75, 3.05) is 20.8 Å². The van der Waals surface area contributed by atoms with Crippen molar-refractivity contribution in [3.05, 3.63) is 48.0 Å². The van der Waals surface area contributed by atoms with Crippen LogP contribution in [-0.4, -0.2) is 27.0 Å². The van der Waals surface area contributed by atoms with E-state index in [1.807, 2.05) is 24.3 Å². The molecule has 0 radical (unpaired) electrons. The molecule has 4 nitrogen and oxygen atoms in total. The summed E-state index contributed by atoms with van der Waals surface area (Å²) in [6.07, 6.45) is 6.97. The third kappa shape index (κ3) is 4.03. The van der Waals surface area contributed by atoms with E-state index in [1.165, 1.54) is 0 Å². The standard InChI is InChI=1S/C18H17NO3/c1-4-11-22-18-10-9-16(21-3)12-17(18)19-13-14-5-7-15(20-2)8-6-14/h1,5-10,12-13H,11H2,2-3H3. The van der Waals surface area contributed by atoms with Gasteiger partial charge in [-0.05, 0) is 42.0 Å². The van der Waals surface area contributed by atoms with Gasteiger partial charge in [0.1, 0.15) is 29.5 Å². The van der Waals surface area contributed by atoms with E-state index in [1.54, 1.807) is 38.6 Å². The van der Waals surface area contributed by atoms with Crippen LogP contribution < -0.4 is 14.2 Å². The van der Waals surface area contributed by atoms with Gasteiger partial charge in [-0.2, -0.15) is 0 Å². The number of aliphatic imine (C=N–C) groups is 1. The van der Waals surface area contributed by atoms with Gasteiger partial charge in [-0.15, -0.1) is 6.42 Å². The summed E-state index contributed by atoms with van der Waals surface area (Å²) in [5.41, 5.74) is 1.61. The monoisotopic (exact) mass is 295 g/mol. The number of hydrogen-bond donors (Lipinski definition) is 0. The van der Waals surface area contributed by atoms with E-state index < -0.39 is 0 Å². The van der Waals surface area contributed by atoms with Crippen LogP contribution in [-0.2, 0) is 0 Å². The minimum Gasteiger partial charge on any atom is -0.497 e. The number of ether oxygens (including phenoxy) is 3. The van der Waals surface area contributed by atoms with E-state index in [0.29, 0.717) is 17.2 Å². The maximum absolute atomic E-state index is 5.49. The molecule has 0 spiro atoms. The molecule has 2 aromatic carbocycles. The Morgan fingerprint density at radius 3 is 2.36 bits per heavy atom. The van der Waals surface area contributed by atoms with E-state index >= 15 is 0 Å². The molecule has 0 aliphatic heterocycles. The molecule has 0 bridgehead atoms. The number of benzene rings is 2. The van der Waals surface area contributed by atoms with Gasteiger partial charge in [-0.1, -0.05) is 5.92 Å². The Morgan fingerprint density at radius 2 is 1.73 bits per heavy atom. The average Bonchev–Trinajstić information content (AvgIpc) is 2.58. The molecule has 0 saturated carbocycles. The number of hydrogen-bond acceptors (Lipinski definition) is 4. The smallest absolute Gasteiger partial charge is 0.148 e. The summed E-state index contributed by atoms with van der Waals surface area (Å²) in [5.74, 6) is 4.56. The average molecular weight is 295 g/mol. The maximum atomic E-state index is 5.49. The van der Waals surface area contributed by atoms with Crippen molar-refractivity contribution < 1.29 is 14.2 Å². The van der Waals surface area contributed by atoms with E-state index in [0.717, 1.165) is 11.3 Å². The number of rotatable bonds is 6. The molecule has 0 unspecified atom stereocenters. The highest BCUT2D eigenvalue weighted by Gasteiger charge is 2.04. The first kappa shape index (κ1) is 15.5. The van der Waals surface area contributed by atoms with Crippen molar-refractivity contribution >= 4 is 11.9 Å². The zero-order valence-electron chi connectivity index (χ0n) is 12.6. The first-order chi connectivity index (χ1) is 10.8. The largest absolute Gasteiger partial charge is 0.497 e. The van der Waals surface area contributed by atoms with Crippen molar-refractivity contribution in [2.45, 2.75) is 0 Å². The summed E-state index contributed by atoms with van der Waals surface area (Å²) in [4.78, 5) is 4.45. The third-order valence-electron chi connectivity index (χ3n) is 2.95. The number of methoxy groups -OCH3 is 2. The van der Waals surface area contributed by atoms with Gasteiger partial charge in [0, 0.05) is 12.3 Å². The summed E-state index contributed by atoms with van der Waals surface area (Å²) < 4.78 is 15.8. The topological polar surface area (TPSA) is 40.0 Å². The molecular weight excluding hydrogens is 278 g/mol. The zero-order chi connectivity index (χ0) is 15.8. The molecule has 2 rings (SSSR count). The van der Waals surface area contributed by atoms with Crippen LogP contribution in [0, 0.1) is 12.3 Å². The van der Waals surface area contributed by atoms with Gasteiger partial charge in [0.15, 0.2) is 0 Å². The Balaban J connectivity index is 2.25. The highest BCUT2D eigenvalue weighted by atomic mass is 16.5. The second-order valence-electron chi connectivity index (χ2n) is 4.36. The summed E-state index contributed by atoms with van der Waals surface area (Å²) in [6.45, 7) is 0.192. The van der Waals surface area contributed by atoms with Crippen molar-refractivity contribution in [3.8, 4) is 29.6 Å². The quantitative estimate of drug-likeness (QED) is 0.605. The van der Waals surface area contributed by atoms with Crippen molar-refractivity contribution in [3.63, 3.8) is 0 Å². The molecule has 0 saturated heterocycles. The summed E-state index contributed by atoms with van der Waals surface area (Å²) >= 11 is 0. The molecule has 2 aromatic rings. The van der Waals surface area contributed by atoms with Crippen LogP contribution in [0.2, 0.25) is 0 Å². The molecule has 0 aliphatic rings. The lowest BCUT2D eigenvalue weighted by Crippen LogP contribution is -1.94. The van der Waals surface area contributed by atoms with Crippen LogP contribution >= 0.6 is 0 Å². The van der Waals surface area contributed by atoms with Gasteiger partial charge in [0.25, 0.3) is 0 Å². The molecule has 0 amide bonds. The van der Waals surface area contributed by atoms with Crippen molar-refractivity contribution in [1.29, 1.82) is 0 Å². The van der Waals surface area contributed by atoms with E-state index in [9.17, 15) is 0 Å². The summed E-state index contributed by atoms with van der Waals surface area (Å²) in [7, 11) is 3.24. The highest BCUT2D eigenvalue weighted by Crippen LogP contribution is 2.31. The van der Waals surface area contributed by atoms with E-state index in [-0.39, 0.29) is 6.61 Å². The van der Waals surface area contributed by atoms with Crippen molar-refractivity contribution in [2.24, 2.45) is 4.99 Å². The molecular formula is C18H17NO3. The first-order valence-corrected chi connectivity index (χ1v) is 6.69. The first-order valence-electron chi connectivity index (χ1n) is 6.69. The van der Waals surface area contributed by atoms with Gasteiger partial charge >= 0.3 is 0 Å². The fraction of sp³-hybridized carbons (Fsp3) is 0.167. The van der Waals surface area contributed by atoms with Crippen LogP contribution in [0.25, 0.3) is 0 Å². The minimum absolute atomic E-state index is 0.192. The molecule has 0 heterocycles. The minimum atomic E-state index is 0.192. The summed E-state index contributed by atoms with van der Waals surface area (Å²) in [6, 6.07) is 13.0. The van der Waals surface area contributed by atoms with Gasteiger partial charge in [0.2, 0.25) is 0 Å². The van der Waals surface area contributed by atoms with Crippen LogP contribution in [0.5, 0.6) is 17.2 Å². The van der Waals surface area contributed by atoms with Crippen LogP contribution in [0.15, 0.2) is 47.5 Å². The fourth-order valence-electron chi connectivity index (χ4n) is 1.80. The summed E-state index contributed by atoms with van der Waals surface area (Å²) in [5, 5.41) is 0. The maximum Gasteiger partial charge on any atom is 0.148 e. The second-order valence-corrected chi connectivity index (χ2v) is 4.36. The van der Waals surface area contributed by atoms with Crippen LogP contribution in [0.3, 0.4) is 0 Å². The Kier molecular flexibility index (Phi) is 5.44. The SMILES string of the molecule is C#CCOc1ccc(OC)cc1N=Cc1ccc(OC)cc1. The molecule has 112 valence electrons. The van der Waals surface area contributed by atoms with Crippen molar-refractivity contribution in [1.82, 2.24) is 0 Å². The van der Waals surface area contributed by atoms with Gasteiger partial charge in [0.05, 0.1) is 14.2 Å². The Hall–Kier alpha value is -2.93. The molecule has 0 aliphatic carbocycles. The van der Waals surface area contributed by atoms with Gasteiger partial charge < -0.3 is 14.2 Å². The molecule has 0 N–H and O–H groups in total. The normalized spacial score (nSPS) is 10.2. The Labute approximate surface area is 130 Å². The zero-order valence-corrected chi connectivity index (χ0v) is 12.6. The fourth-order valence-corrected chi connectivity index (χ4v) is 1.80. The lowest BCUT2D eigenvalue weighted by atomic mass is 10.2. The Morgan fingerprint density at radius 1 is 1.05 bits per heavy atom. The second kappa shape index (κ2) is 7.75. The molecule has 0 fully saturated rings. The van der Waals surface area contributed by atoms with E-state index in [2.05, 4.69) is 10.9 Å². The molecule has 0 atom stereocenters. The number of nitrogens with zero attached hydrogens (tertiary/aromatic N) is 1. The third-order valence-corrected chi connectivity index (χ3v) is 2.95. The highest BCUT2D eigenvalue weighted by molar-refractivity contribution is 5.83. The van der Waals surface area contributed by atoms with E-state index in [4.69, 9.17) is 20.6 Å². The predicted octanol–water partition coefficient (Wildman–Crippen LogP) is 3.47. The Bertz CT molecular complexity index is 684. The predicted molar refractivity (Wildman–Crippen MR) is 87.6 cm³/mol. The lowest BCUT2D eigenvalue weighted by Gasteiger charge is -2.08. The molecule has 22 heavy (non-hydrogen) atoms. The van der Waals surface area contributed by atoms with Gasteiger partial charge in [-0.3, -0.25) is 4.99 Å². The molecule has 0 aromatic heterocycles. The van der Waals surface area contributed by atoms with Crippen LogP contribution in [0.4, 0.5) is 5.69 Å². The van der Waals surface area contributed by atoms with Gasteiger partial charge in [-0.25, -0.2) is 0 Å². The van der Waals surface area contributed by atoms with Crippen LogP contribution in [0.1, 0.15) is 5.56 Å². The molecule has 4 heteroatoms.